The summed E-state index contributed by atoms with van der Waals surface area (Å²) >= 11 is 0. The molecule has 0 fully saturated rings. The van der Waals surface area contributed by atoms with Crippen molar-refractivity contribution in [3.8, 4) is 0 Å². The molecule has 98 valence electrons. The number of hydrogen-bond acceptors (Lipinski definition) is 4. The summed E-state index contributed by atoms with van der Waals surface area (Å²) < 4.78 is 0. The lowest BCUT2D eigenvalue weighted by atomic mass is 10.1. The Kier molecular flexibility index (Phi) is 5.32. The lowest BCUT2D eigenvalue weighted by Crippen LogP contribution is -2.32. The number of hydrogen-bond donors (Lipinski definition) is 2. The molecule has 5 heteroatoms. The number of carboxylic acid groups (broad SMARTS) is 1. The Morgan fingerprint density at radius 1 is 1.33 bits per heavy atom. The fourth-order valence-electron chi connectivity index (χ4n) is 1.35. The molecule has 0 aliphatic heterocycles. The van der Waals surface area contributed by atoms with E-state index in [2.05, 4.69) is 5.16 Å². The Morgan fingerprint density at radius 2 is 1.89 bits per heavy atom. The summed E-state index contributed by atoms with van der Waals surface area (Å²) in [6.07, 6.45) is 0.322. The van der Waals surface area contributed by atoms with Gasteiger partial charge in [0.05, 0.1) is 5.71 Å². The first-order valence-corrected chi connectivity index (χ1v) is 5.68. The second kappa shape index (κ2) is 6.76. The van der Waals surface area contributed by atoms with Crippen LogP contribution in [-0.2, 0) is 22.7 Å². The molecule has 0 bridgehead atoms. The Morgan fingerprint density at radius 3 is 2.39 bits per heavy atom. The molecule has 1 atom stereocenters. The van der Waals surface area contributed by atoms with Crippen LogP contribution in [0.3, 0.4) is 0 Å². The zero-order chi connectivity index (χ0) is 13.5. The quantitative estimate of drug-likeness (QED) is 0.592. The summed E-state index contributed by atoms with van der Waals surface area (Å²) in [6.45, 7) is 4.11. The lowest BCUT2D eigenvalue weighted by Gasteiger charge is -2.07. The zero-order valence-electron chi connectivity index (χ0n) is 10.6. The van der Waals surface area contributed by atoms with Gasteiger partial charge in [-0.05, 0) is 31.4 Å². The van der Waals surface area contributed by atoms with E-state index in [0.717, 1.165) is 16.8 Å². The van der Waals surface area contributed by atoms with Crippen molar-refractivity contribution in [2.24, 2.45) is 10.9 Å². The third-order valence-electron chi connectivity index (χ3n) is 2.27. The van der Waals surface area contributed by atoms with Crippen LogP contribution in [0.15, 0.2) is 29.4 Å². The van der Waals surface area contributed by atoms with Crippen molar-refractivity contribution in [3.63, 3.8) is 0 Å². The molecule has 0 spiro atoms. The van der Waals surface area contributed by atoms with E-state index in [1.807, 2.05) is 38.1 Å². The fourth-order valence-corrected chi connectivity index (χ4v) is 1.35. The van der Waals surface area contributed by atoms with E-state index < -0.39 is 12.0 Å². The predicted molar refractivity (Wildman–Crippen MR) is 69.3 cm³/mol. The number of rotatable bonds is 6. The summed E-state index contributed by atoms with van der Waals surface area (Å²) in [5.74, 6) is -0.991. The summed E-state index contributed by atoms with van der Waals surface area (Å²) in [4.78, 5) is 15.7. The number of carboxylic acids is 1. The van der Waals surface area contributed by atoms with Gasteiger partial charge in [0.2, 0.25) is 0 Å². The van der Waals surface area contributed by atoms with Gasteiger partial charge in [0, 0.05) is 0 Å². The van der Waals surface area contributed by atoms with Gasteiger partial charge in [0.1, 0.15) is 12.6 Å². The Balaban J connectivity index is 2.52. The maximum atomic E-state index is 10.6. The van der Waals surface area contributed by atoms with E-state index in [4.69, 9.17) is 15.7 Å². The summed E-state index contributed by atoms with van der Waals surface area (Å²) in [7, 11) is 0. The van der Waals surface area contributed by atoms with Gasteiger partial charge in [-0.2, -0.15) is 0 Å². The number of aliphatic carboxylic acids is 1. The van der Waals surface area contributed by atoms with Crippen LogP contribution >= 0.6 is 0 Å². The topological polar surface area (TPSA) is 84.9 Å². The van der Waals surface area contributed by atoms with Crippen molar-refractivity contribution in [1.29, 1.82) is 0 Å². The monoisotopic (exact) mass is 250 g/mol. The smallest absolute Gasteiger partial charge is 0.320 e. The van der Waals surface area contributed by atoms with Crippen LogP contribution < -0.4 is 5.73 Å². The molecule has 0 saturated carbocycles. The maximum absolute atomic E-state index is 10.6. The molecule has 18 heavy (non-hydrogen) atoms. The third kappa shape index (κ3) is 4.97. The number of oxime groups is 1. The Labute approximate surface area is 106 Å². The lowest BCUT2D eigenvalue weighted by molar-refractivity contribution is -0.138. The van der Waals surface area contributed by atoms with Gasteiger partial charge in [-0.15, -0.1) is 0 Å². The zero-order valence-corrected chi connectivity index (χ0v) is 10.6. The highest BCUT2D eigenvalue weighted by molar-refractivity contribution is 5.78. The molecule has 0 radical (unpaired) electrons. The molecular weight excluding hydrogens is 232 g/mol. The van der Waals surface area contributed by atoms with E-state index >= 15 is 0 Å². The molecule has 0 amide bonds. The number of nitrogens with two attached hydrogens (primary N) is 1. The summed E-state index contributed by atoms with van der Waals surface area (Å²) in [6, 6.07) is 6.60. The SMILES string of the molecule is CC(C)=NOCc1ccc(CC(N)C(=O)O)cc1. The van der Waals surface area contributed by atoms with E-state index in [-0.39, 0.29) is 0 Å². The van der Waals surface area contributed by atoms with Crippen molar-refractivity contribution in [2.45, 2.75) is 32.9 Å². The molecule has 0 heterocycles. The van der Waals surface area contributed by atoms with Gasteiger partial charge >= 0.3 is 5.97 Å². The van der Waals surface area contributed by atoms with Crippen molar-refractivity contribution in [3.05, 3.63) is 35.4 Å². The number of carbonyl (C=O) groups is 1. The normalized spacial score (nSPS) is 11.7. The van der Waals surface area contributed by atoms with Crippen LogP contribution in [0.4, 0.5) is 0 Å². The number of benzene rings is 1. The van der Waals surface area contributed by atoms with Gasteiger partial charge in [-0.25, -0.2) is 0 Å². The minimum atomic E-state index is -0.991. The molecule has 3 N–H and O–H groups in total. The second-order valence-corrected chi connectivity index (χ2v) is 4.28. The maximum Gasteiger partial charge on any atom is 0.320 e. The van der Waals surface area contributed by atoms with Crippen LogP contribution in [0.1, 0.15) is 25.0 Å². The average molecular weight is 250 g/mol. The van der Waals surface area contributed by atoms with Gasteiger partial charge in [-0.1, -0.05) is 29.4 Å². The highest BCUT2D eigenvalue weighted by Crippen LogP contribution is 2.08. The van der Waals surface area contributed by atoms with E-state index in [1.54, 1.807) is 0 Å². The fraction of sp³-hybridized carbons (Fsp3) is 0.385. The van der Waals surface area contributed by atoms with E-state index in [1.165, 1.54) is 0 Å². The molecule has 1 aromatic rings. The van der Waals surface area contributed by atoms with Crippen molar-refractivity contribution in [2.75, 3.05) is 0 Å². The molecule has 1 aromatic carbocycles. The highest BCUT2D eigenvalue weighted by Gasteiger charge is 2.11. The third-order valence-corrected chi connectivity index (χ3v) is 2.27. The minimum absolute atomic E-state index is 0.322. The molecule has 0 aliphatic rings. The predicted octanol–water partition coefficient (Wildman–Crippen LogP) is 1.55. The molecule has 0 saturated heterocycles. The van der Waals surface area contributed by atoms with E-state index in [9.17, 15) is 4.79 Å². The molecule has 1 unspecified atom stereocenters. The van der Waals surface area contributed by atoms with Crippen molar-refractivity contribution in [1.82, 2.24) is 0 Å². The van der Waals surface area contributed by atoms with Crippen LogP contribution in [0.2, 0.25) is 0 Å². The number of nitrogens with zero attached hydrogens (tertiary/aromatic N) is 1. The first kappa shape index (κ1) is 14.2. The van der Waals surface area contributed by atoms with Gasteiger partial charge < -0.3 is 15.7 Å². The van der Waals surface area contributed by atoms with Gasteiger partial charge in [0.15, 0.2) is 0 Å². The van der Waals surface area contributed by atoms with E-state index in [0.29, 0.717) is 13.0 Å². The Hall–Kier alpha value is -1.88. The largest absolute Gasteiger partial charge is 0.480 e. The van der Waals surface area contributed by atoms with Crippen LogP contribution in [0.25, 0.3) is 0 Å². The molecule has 0 aromatic heterocycles. The molecule has 5 nitrogen and oxygen atoms in total. The summed E-state index contributed by atoms with van der Waals surface area (Å²) in [5.41, 5.74) is 8.19. The van der Waals surface area contributed by atoms with Crippen molar-refractivity contribution >= 4 is 11.7 Å². The van der Waals surface area contributed by atoms with Crippen LogP contribution in [0.5, 0.6) is 0 Å². The van der Waals surface area contributed by atoms with Gasteiger partial charge in [-0.3, -0.25) is 4.79 Å². The first-order valence-electron chi connectivity index (χ1n) is 5.68. The molecular formula is C13H18N2O3. The highest BCUT2D eigenvalue weighted by atomic mass is 16.6. The van der Waals surface area contributed by atoms with Crippen LogP contribution in [-0.4, -0.2) is 22.8 Å². The second-order valence-electron chi connectivity index (χ2n) is 4.28. The standard InChI is InChI=1S/C13H18N2O3/c1-9(2)15-18-8-11-5-3-10(4-6-11)7-12(14)13(16)17/h3-6,12H,7-8,14H2,1-2H3,(H,16,17). The first-order chi connectivity index (χ1) is 8.49. The summed E-state index contributed by atoms with van der Waals surface area (Å²) in [5, 5.41) is 12.5. The van der Waals surface area contributed by atoms with Crippen molar-refractivity contribution < 1.29 is 14.7 Å². The minimum Gasteiger partial charge on any atom is -0.480 e. The van der Waals surface area contributed by atoms with Gasteiger partial charge in [0.25, 0.3) is 0 Å². The van der Waals surface area contributed by atoms with Crippen LogP contribution in [0, 0.1) is 0 Å². The average Bonchev–Trinajstić information content (AvgIpc) is 2.30. The Bertz CT molecular complexity index is 422. The molecule has 1 rings (SSSR count). The molecule has 0 aliphatic carbocycles.